The quantitative estimate of drug-likeness (QED) is 0.664. The molecule has 2 rings (SSSR count). The number of aromatic nitrogens is 2. The second kappa shape index (κ2) is 5.58. The Balaban J connectivity index is 2.16. The molecule has 1 unspecified atom stereocenters. The number of nitrogens with one attached hydrogen (secondary N) is 1. The van der Waals surface area contributed by atoms with Crippen molar-refractivity contribution in [2.24, 2.45) is 0 Å². The van der Waals surface area contributed by atoms with E-state index in [2.05, 4.69) is 41.3 Å². The van der Waals surface area contributed by atoms with Crippen molar-refractivity contribution < 1.29 is 0 Å². The van der Waals surface area contributed by atoms with Gasteiger partial charge >= 0.3 is 0 Å². The molecule has 0 amide bonds. The monoisotopic (exact) mass is 280 g/mol. The summed E-state index contributed by atoms with van der Waals surface area (Å²) in [4.78, 5) is 11.1. The highest BCUT2D eigenvalue weighted by Gasteiger charge is 2.09. The van der Waals surface area contributed by atoms with Gasteiger partial charge in [-0.05, 0) is 32.2 Å². The van der Waals surface area contributed by atoms with Crippen molar-refractivity contribution in [1.29, 1.82) is 0 Å². The van der Waals surface area contributed by atoms with E-state index in [4.69, 9.17) is 5.73 Å². The van der Waals surface area contributed by atoms with E-state index in [0.717, 1.165) is 5.82 Å². The first-order valence-corrected chi connectivity index (χ1v) is 7.64. The Morgan fingerprint density at radius 1 is 1.39 bits per heavy atom. The Morgan fingerprint density at radius 2 is 2.17 bits per heavy atom. The molecule has 3 N–H and O–H groups in total. The second-order valence-corrected chi connectivity index (χ2v) is 6.07. The smallest absolute Gasteiger partial charge is 0.191 e. The number of rotatable bonds is 4. The van der Waals surface area contributed by atoms with E-state index in [1.54, 1.807) is 17.4 Å². The highest BCUT2D eigenvalue weighted by molar-refractivity contribution is 7.98. The minimum absolute atomic E-state index is 0.215. The summed E-state index contributed by atoms with van der Waals surface area (Å²) in [7, 11) is 0. The molecule has 2 heterocycles. The van der Waals surface area contributed by atoms with Gasteiger partial charge in [0.15, 0.2) is 5.16 Å². The van der Waals surface area contributed by atoms with E-state index in [0.29, 0.717) is 11.0 Å². The molecular weight excluding hydrogens is 264 g/mol. The number of hydrogen-bond donors (Lipinski definition) is 2. The molecule has 18 heavy (non-hydrogen) atoms. The van der Waals surface area contributed by atoms with Gasteiger partial charge < -0.3 is 11.1 Å². The van der Waals surface area contributed by atoms with Crippen LogP contribution in [0.4, 0.5) is 11.6 Å². The van der Waals surface area contributed by atoms with Crippen LogP contribution < -0.4 is 11.1 Å². The van der Waals surface area contributed by atoms with Crippen molar-refractivity contribution in [2.75, 3.05) is 17.3 Å². The number of nitrogens with two attached hydrogens (primary N) is 1. The summed E-state index contributed by atoms with van der Waals surface area (Å²) in [6.07, 6.45) is 1.94. The van der Waals surface area contributed by atoms with Crippen LogP contribution in [0.15, 0.2) is 23.4 Å². The predicted octanol–water partition coefficient (Wildman–Crippen LogP) is 3.32. The van der Waals surface area contributed by atoms with Crippen LogP contribution in [0.5, 0.6) is 0 Å². The fourth-order valence-corrected chi connectivity index (χ4v) is 2.85. The van der Waals surface area contributed by atoms with Crippen molar-refractivity contribution >= 4 is 34.7 Å². The maximum absolute atomic E-state index is 5.75. The fraction of sp³-hybridized carbons (Fsp3) is 0.333. The molecule has 6 heteroatoms. The summed E-state index contributed by atoms with van der Waals surface area (Å²) < 4.78 is 0. The van der Waals surface area contributed by atoms with Gasteiger partial charge in [-0.15, -0.1) is 11.3 Å². The lowest BCUT2D eigenvalue weighted by Gasteiger charge is -2.13. The first-order chi connectivity index (χ1) is 8.58. The van der Waals surface area contributed by atoms with E-state index in [9.17, 15) is 0 Å². The van der Waals surface area contributed by atoms with Crippen molar-refractivity contribution in [1.82, 2.24) is 9.97 Å². The Morgan fingerprint density at radius 3 is 2.78 bits per heavy atom. The molecule has 0 saturated heterocycles. The number of nitrogen functional groups attached to an aromatic ring is 1. The Hall–Kier alpha value is -1.27. The van der Waals surface area contributed by atoms with Gasteiger partial charge in [0.2, 0.25) is 0 Å². The highest BCUT2D eigenvalue weighted by Crippen LogP contribution is 2.26. The zero-order valence-electron chi connectivity index (χ0n) is 10.6. The largest absolute Gasteiger partial charge is 0.383 e. The molecule has 0 aliphatic heterocycles. The third-order valence-electron chi connectivity index (χ3n) is 2.46. The maximum atomic E-state index is 5.75. The molecule has 96 valence electrons. The highest BCUT2D eigenvalue weighted by atomic mass is 32.2. The Bertz CT molecular complexity index is 539. The van der Waals surface area contributed by atoms with Crippen LogP contribution in [0.1, 0.15) is 22.7 Å². The van der Waals surface area contributed by atoms with Gasteiger partial charge in [-0.25, -0.2) is 9.97 Å². The molecule has 2 aromatic heterocycles. The van der Waals surface area contributed by atoms with Crippen LogP contribution in [0.3, 0.4) is 0 Å². The first kappa shape index (κ1) is 13.2. The van der Waals surface area contributed by atoms with Crippen molar-refractivity contribution in [3.63, 3.8) is 0 Å². The summed E-state index contributed by atoms with van der Waals surface area (Å²) in [5, 5.41) is 4.04. The lowest BCUT2D eigenvalue weighted by molar-refractivity contribution is 0.874. The number of thiophene rings is 1. The van der Waals surface area contributed by atoms with Gasteiger partial charge in [0.25, 0.3) is 0 Å². The van der Waals surface area contributed by atoms with Crippen LogP contribution in [0, 0.1) is 6.92 Å². The maximum Gasteiger partial charge on any atom is 0.191 e. The van der Waals surface area contributed by atoms with Gasteiger partial charge in [-0.1, -0.05) is 11.8 Å². The normalized spacial score (nSPS) is 12.4. The third-order valence-corrected chi connectivity index (χ3v) is 4.19. The number of hydrogen-bond acceptors (Lipinski definition) is 6. The fourth-order valence-electron chi connectivity index (χ4n) is 1.59. The van der Waals surface area contributed by atoms with E-state index >= 15 is 0 Å². The van der Waals surface area contributed by atoms with Crippen LogP contribution >= 0.6 is 23.1 Å². The van der Waals surface area contributed by atoms with E-state index in [-0.39, 0.29) is 6.04 Å². The molecule has 0 aromatic carbocycles. The van der Waals surface area contributed by atoms with E-state index in [1.807, 2.05) is 6.26 Å². The topological polar surface area (TPSA) is 63.8 Å². The van der Waals surface area contributed by atoms with Gasteiger partial charge in [-0.3, -0.25) is 0 Å². The summed E-state index contributed by atoms with van der Waals surface area (Å²) in [5.41, 5.74) is 5.75. The molecular formula is C12H16N4S2. The average molecular weight is 280 g/mol. The van der Waals surface area contributed by atoms with Gasteiger partial charge in [0.05, 0.1) is 6.04 Å². The van der Waals surface area contributed by atoms with Gasteiger partial charge in [-0.2, -0.15) is 0 Å². The molecule has 0 radical (unpaired) electrons. The molecule has 4 nitrogen and oxygen atoms in total. The molecule has 0 spiro atoms. The Kier molecular flexibility index (Phi) is 4.08. The van der Waals surface area contributed by atoms with Crippen LogP contribution in [0.2, 0.25) is 0 Å². The van der Waals surface area contributed by atoms with Crippen molar-refractivity contribution in [3.05, 3.63) is 28.0 Å². The predicted molar refractivity (Wildman–Crippen MR) is 79.3 cm³/mol. The van der Waals surface area contributed by atoms with Crippen molar-refractivity contribution in [3.8, 4) is 0 Å². The number of aryl methyl sites for hydroxylation is 1. The minimum atomic E-state index is 0.215. The first-order valence-electron chi connectivity index (χ1n) is 5.60. The molecule has 0 aliphatic rings. The van der Waals surface area contributed by atoms with Crippen molar-refractivity contribution in [2.45, 2.75) is 25.0 Å². The molecule has 0 aliphatic carbocycles. The standard InChI is InChI=1S/C12H16N4S2/c1-7-4-5-9(18-7)8(2)14-11-6-10(13)15-12(16-11)17-3/h4-6,8H,1-3H3,(H3,13,14,15,16). The number of thioether (sulfide) groups is 1. The molecule has 1 atom stereocenters. The van der Waals surface area contributed by atoms with Crippen LogP contribution in [0.25, 0.3) is 0 Å². The molecule has 0 bridgehead atoms. The van der Waals surface area contributed by atoms with Gasteiger partial charge in [0, 0.05) is 15.8 Å². The van der Waals surface area contributed by atoms with Crippen LogP contribution in [-0.2, 0) is 0 Å². The molecule has 0 fully saturated rings. The SMILES string of the molecule is CSc1nc(N)cc(NC(C)c2ccc(C)s2)n1. The summed E-state index contributed by atoms with van der Waals surface area (Å²) >= 11 is 3.27. The Labute approximate surface area is 115 Å². The third kappa shape index (κ3) is 3.14. The summed E-state index contributed by atoms with van der Waals surface area (Å²) in [6, 6.07) is 6.24. The lowest BCUT2D eigenvalue weighted by Crippen LogP contribution is -2.08. The zero-order valence-corrected chi connectivity index (χ0v) is 12.2. The van der Waals surface area contributed by atoms with E-state index < -0.39 is 0 Å². The lowest BCUT2D eigenvalue weighted by atomic mass is 10.2. The number of nitrogens with zero attached hydrogens (tertiary/aromatic N) is 2. The zero-order chi connectivity index (χ0) is 13.1. The summed E-state index contributed by atoms with van der Waals surface area (Å²) in [6.45, 7) is 4.22. The second-order valence-electron chi connectivity index (χ2n) is 3.98. The minimum Gasteiger partial charge on any atom is -0.383 e. The van der Waals surface area contributed by atoms with Gasteiger partial charge in [0.1, 0.15) is 11.6 Å². The summed E-state index contributed by atoms with van der Waals surface area (Å²) in [5.74, 6) is 1.26. The average Bonchev–Trinajstić information content (AvgIpc) is 2.75. The molecule has 2 aromatic rings. The van der Waals surface area contributed by atoms with Crippen LogP contribution in [-0.4, -0.2) is 16.2 Å². The molecule has 0 saturated carbocycles. The number of anilines is 2. The van der Waals surface area contributed by atoms with E-state index in [1.165, 1.54) is 21.5 Å².